The second kappa shape index (κ2) is 13.8. The zero-order valence-electron chi connectivity index (χ0n) is 24.2. The van der Waals surface area contributed by atoms with Crippen LogP contribution in [0.3, 0.4) is 0 Å². The molecule has 1 heterocycles. The number of carbonyl (C=O) groups excluding carboxylic acids is 3. The summed E-state index contributed by atoms with van der Waals surface area (Å²) in [6.07, 6.45) is 2.74. The van der Waals surface area contributed by atoms with Crippen LogP contribution in [0.4, 0.5) is 20.2 Å². The van der Waals surface area contributed by atoms with Crippen molar-refractivity contribution in [1.82, 2.24) is 10.3 Å². The van der Waals surface area contributed by atoms with Crippen molar-refractivity contribution in [2.24, 2.45) is 5.41 Å². The highest BCUT2D eigenvalue weighted by Crippen LogP contribution is 2.47. The number of benzene rings is 3. The van der Waals surface area contributed by atoms with Crippen LogP contribution in [0.1, 0.15) is 19.3 Å². The van der Waals surface area contributed by atoms with Crippen molar-refractivity contribution in [3.8, 4) is 23.0 Å². The summed E-state index contributed by atoms with van der Waals surface area (Å²) in [7, 11) is 1.49. The molecule has 0 aliphatic heterocycles. The highest BCUT2D eigenvalue weighted by Gasteiger charge is 2.56. The number of ether oxygens (including phenoxy) is 3. The molecule has 45 heavy (non-hydrogen) atoms. The van der Waals surface area contributed by atoms with E-state index in [2.05, 4.69) is 33.6 Å². The molecule has 10 nitrogen and oxygen atoms in total. The van der Waals surface area contributed by atoms with Crippen molar-refractivity contribution in [1.29, 1.82) is 0 Å². The summed E-state index contributed by atoms with van der Waals surface area (Å²) < 4.78 is 45.6. The van der Waals surface area contributed by atoms with E-state index in [0.29, 0.717) is 66.3 Å². The van der Waals surface area contributed by atoms with E-state index in [1.807, 2.05) is 0 Å². The molecule has 0 atom stereocenters. The molecule has 3 N–H and O–H groups in total. The third-order valence-electron chi connectivity index (χ3n) is 7.16. The van der Waals surface area contributed by atoms with Crippen molar-refractivity contribution in [3.63, 3.8) is 0 Å². The number of amides is 3. The molecule has 0 unspecified atom stereocenters. The molecule has 3 amide bonds. The largest absolute Gasteiger partial charge is 0.493 e. The van der Waals surface area contributed by atoms with Gasteiger partial charge in [-0.15, -0.1) is 0 Å². The van der Waals surface area contributed by atoms with E-state index >= 15 is 4.39 Å². The van der Waals surface area contributed by atoms with Gasteiger partial charge in [-0.1, -0.05) is 0 Å². The molecule has 1 aliphatic carbocycles. The number of hydrogen-bond donors (Lipinski definition) is 4. The lowest BCUT2D eigenvalue weighted by Crippen LogP contribution is -2.35. The van der Waals surface area contributed by atoms with E-state index in [9.17, 15) is 18.8 Å². The SMILES string of the molecule is COc1cc2c(Oc3ccc(NC(=O)C4(C(=O)Nc5ccc(F)cc5)CC4)cc3F)ccnc2cc1OCCCNC(=O)CS. The van der Waals surface area contributed by atoms with E-state index in [1.54, 1.807) is 18.2 Å². The van der Waals surface area contributed by atoms with Crippen LogP contribution in [0.5, 0.6) is 23.0 Å². The minimum Gasteiger partial charge on any atom is -0.493 e. The van der Waals surface area contributed by atoms with Gasteiger partial charge in [0, 0.05) is 41.6 Å². The summed E-state index contributed by atoms with van der Waals surface area (Å²) in [5, 5.41) is 8.51. The molecule has 234 valence electrons. The smallest absolute Gasteiger partial charge is 0.240 e. The number of hydrogen-bond acceptors (Lipinski definition) is 8. The van der Waals surface area contributed by atoms with Gasteiger partial charge in [-0.2, -0.15) is 12.6 Å². The Hall–Kier alpha value is -4.91. The molecule has 0 saturated heterocycles. The van der Waals surface area contributed by atoms with Gasteiger partial charge < -0.3 is 30.2 Å². The van der Waals surface area contributed by atoms with Gasteiger partial charge in [0.25, 0.3) is 0 Å². The maximum atomic E-state index is 15.2. The molecule has 0 bridgehead atoms. The van der Waals surface area contributed by atoms with E-state index in [1.165, 1.54) is 49.7 Å². The van der Waals surface area contributed by atoms with Crippen LogP contribution in [-0.4, -0.2) is 48.7 Å². The van der Waals surface area contributed by atoms with Gasteiger partial charge in [0.05, 0.1) is 25.0 Å². The third-order valence-corrected chi connectivity index (χ3v) is 7.45. The predicted octanol–water partition coefficient (Wildman–Crippen LogP) is 5.49. The number of nitrogens with zero attached hydrogens (tertiary/aromatic N) is 1. The molecule has 1 fully saturated rings. The van der Waals surface area contributed by atoms with Gasteiger partial charge in [-0.3, -0.25) is 19.4 Å². The predicted molar refractivity (Wildman–Crippen MR) is 167 cm³/mol. The Morgan fingerprint density at radius 2 is 1.60 bits per heavy atom. The number of carbonyl (C=O) groups is 3. The molecule has 3 aromatic carbocycles. The lowest BCUT2D eigenvalue weighted by atomic mass is 10.0. The Morgan fingerprint density at radius 1 is 0.889 bits per heavy atom. The quantitative estimate of drug-likeness (QED) is 0.0869. The number of halogens is 2. The van der Waals surface area contributed by atoms with E-state index < -0.39 is 28.9 Å². The highest BCUT2D eigenvalue weighted by molar-refractivity contribution is 7.81. The monoisotopic (exact) mass is 636 g/mol. The van der Waals surface area contributed by atoms with Crippen LogP contribution >= 0.6 is 12.6 Å². The topological polar surface area (TPSA) is 128 Å². The van der Waals surface area contributed by atoms with Crippen LogP contribution < -0.4 is 30.2 Å². The molecule has 0 spiro atoms. The number of pyridine rings is 1. The van der Waals surface area contributed by atoms with Crippen LogP contribution in [0, 0.1) is 17.0 Å². The molecule has 0 radical (unpaired) electrons. The summed E-state index contributed by atoms with van der Waals surface area (Å²) in [5.41, 5.74) is -0.256. The lowest BCUT2D eigenvalue weighted by Gasteiger charge is -2.16. The Morgan fingerprint density at radius 3 is 2.27 bits per heavy atom. The summed E-state index contributed by atoms with van der Waals surface area (Å²) in [6.45, 7) is 0.756. The van der Waals surface area contributed by atoms with E-state index in [0.717, 1.165) is 6.07 Å². The zero-order chi connectivity index (χ0) is 32.0. The standard InChI is InChI=1S/C32H30F2N4O6S/c1-42-27-16-22-24(17-28(27)43-14-2-12-36-29(39)18-45)35-13-9-25(22)44-26-8-7-21(15-23(26)34)38-31(41)32(10-11-32)30(40)37-20-5-3-19(33)4-6-20/h3-9,13,15-17,45H,2,10-12,14,18H2,1H3,(H,36,39)(H,37,40)(H,38,41). The Kier molecular flexibility index (Phi) is 9.67. The van der Waals surface area contributed by atoms with Gasteiger partial charge in [-0.05, 0) is 67.8 Å². The van der Waals surface area contributed by atoms with Crippen molar-refractivity contribution in [2.45, 2.75) is 19.3 Å². The van der Waals surface area contributed by atoms with Crippen molar-refractivity contribution < 1.29 is 37.4 Å². The first-order valence-electron chi connectivity index (χ1n) is 14.1. The second-order valence-electron chi connectivity index (χ2n) is 10.3. The molecular formula is C32H30F2N4O6S. The Bertz CT molecular complexity index is 1730. The van der Waals surface area contributed by atoms with Crippen LogP contribution in [-0.2, 0) is 14.4 Å². The number of anilines is 2. The number of fused-ring (bicyclic) bond motifs is 1. The van der Waals surface area contributed by atoms with Crippen LogP contribution in [0.2, 0.25) is 0 Å². The summed E-state index contributed by atoms with van der Waals surface area (Å²) in [4.78, 5) is 41.5. The first-order valence-corrected chi connectivity index (χ1v) is 14.7. The molecule has 4 aromatic rings. The van der Waals surface area contributed by atoms with Crippen LogP contribution in [0.25, 0.3) is 10.9 Å². The molecule has 1 saturated carbocycles. The third kappa shape index (κ3) is 7.43. The number of methoxy groups -OCH3 is 1. The maximum Gasteiger partial charge on any atom is 0.240 e. The van der Waals surface area contributed by atoms with Gasteiger partial charge in [0.2, 0.25) is 17.7 Å². The van der Waals surface area contributed by atoms with Crippen molar-refractivity contribution in [2.75, 3.05) is 36.6 Å². The Balaban J connectivity index is 1.25. The fraction of sp³-hybridized carbons (Fsp3) is 0.250. The lowest BCUT2D eigenvalue weighted by molar-refractivity contribution is -0.131. The molecule has 5 rings (SSSR count). The van der Waals surface area contributed by atoms with E-state index in [4.69, 9.17) is 14.2 Å². The summed E-state index contributed by atoms with van der Waals surface area (Å²) in [5.74, 6) is -1.25. The maximum absolute atomic E-state index is 15.2. The van der Waals surface area contributed by atoms with Gasteiger partial charge >= 0.3 is 0 Å². The normalized spacial score (nSPS) is 13.1. The second-order valence-corrected chi connectivity index (χ2v) is 10.6. The van der Waals surface area contributed by atoms with E-state index in [-0.39, 0.29) is 23.1 Å². The highest BCUT2D eigenvalue weighted by atomic mass is 32.1. The fourth-order valence-electron chi connectivity index (χ4n) is 4.52. The van der Waals surface area contributed by atoms with Crippen LogP contribution in [0.15, 0.2) is 66.9 Å². The summed E-state index contributed by atoms with van der Waals surface area (Å²) >= 11 is 3.92. The molecule has 1 aromatic heterocycles. The average Bonchev–Trinajstić information content (AvgIpc) is 3.85. The number of aromatic nitrogens is 1. The molecule has 1 aliphatic rings. The van der Waals surface area contributed by atoms with Gasteiger partial charge in [0.1, 0.15) is 17.0 Å². The minimum absolute atomic E-state index is 0.0989. The first-order chi connectivity index (χ1) is 21.7. The average molecular weight is 637 g/mol. The number of rotatable bonds is 13. The molecular weight excluding hydrogens is 606 g/mol. The van der Waals surface area contributed by atoms with Crippen molar-refractivity contribution in [3.05, 3.63) is 78.5 Å². The molecule has 13 heteroatoms. The Labute approximate surface area is 262 Å². The zero-order valence-corrected chi connectivity index (χ0v) is 25.1. The number of nitrogens with one attached hydrogen (secondary N) is 3. The van der Waals surface area contributed by atoms with Gasteiger partial charge in [-0.25, -0.2) is 8.78 Å². The summed E-state index contributed by atoms with van der Waals surface area (Å²) in [6, 6.07) is 14.1. The number of thiol groups is 1. The van der Waals surface area contributed by atoms with Crippen molar-refractivity contribution >= 4 is 52.6 Å². The fourth-order valence-corrected chi connectivity index (χ4v) is 4.64. The first kappa shape index (κ1) is 31.5. The minimum atomic E-state index is -1.29. The van der Waals surface area contributed by atoms with Gasteiger partial charge in [0.15, 0.2) is 23.1 Å².